The van der Waals surface area contributed by atoms with Crippen LogP contribution in [0.2, 0.25) is 5.02 Å². The largest absolute Gasteiger partial charge is 0.342 e. The lowest BCUT2D eigenvalue weighted by atomic mass is 9.97. The molecule has 0 spiro atoms. The molecular formula is C20H22ClN3O2S. The number of halogens is 1. The van der Waals surface area contributed by atoms with Crippen molar-refractivity contribution in [2.24, 2.45) is 5.92 Å². The Hall–Kier alpha value is -2.05. The second kappa shape index (κ2) is 9.76. The van der Waals surface area contributed by atoms with E-state index in [1.165, 1.54) is 6.20 Å². The minimum atomic E-state index is -0.207. The maximum Gasteiger partial charge on any atom is 0.230 e. The van der Waals surface area contributed by atoms with E-state index in [0.717, 1.165) is 30.0 Å². The molecule has 0 radical (unpaired) electrons. The smallest absolute Gasteiger partial charge is 0.230 e. The first-order valence-electron chi connectivity index (χ1n) is 9.00. The third-order valence-corrected chi connectivity index (χ3v) is 5.69. The van der Waals surface area contributed by atoms with Gasteiger partial charge in [0.1, 0.15) is 5.82 Å². The van der Waals surface area contributed by atoms with Gasteiger partial charge in [-0.25, -0.2) is 4.98 Å². The van der Waals surface area contributed by atoms with Crippen molar-refractivity contribution in [3.05, 3.63) is 53.7 Å². The molecule has 1 aliphatic rings. The number of carbonyl (C=O) groups excluding carboxylic acids is 2. The van der Waals surface area contributed by atoms with Gasteiger partial charge in [0.15, 0.2) is 0 Å². The number of pyridine rings is 1. The van der Waals surface area contributed by atoms with E-state index in [1.807, 2.05) is 35.2 Å². The van der Waals surface area contributed by atoms with Gasteiger partial charge in [-0.3, -0.25) is 9.59 Å². The van der Waals surface area contributed by atoms with Gasteiger partial charge >= 0.3 is 0 Å². The van der Waals surface area contributed by atoms with Crippen LogP contribution in [0.5, 0.6) is 0 Å². The quantitative estimate of drug-likeness (QED) is 0.738. The molecule has 5 nitrogen and oxygen atoms in total. The summed E-state index contributed by atoms with van der Waals surface area (Å²) < 4.78 is 0. The fourth-order valence-electron chi connectivity index (χ4n) is 3.03. The number of amides is 2. The molecule has 1 saturated heterocycles. The molecule has 1 fully saturated rings. The van der Waals surface area contributed by atoms with Crippen molar-refractivity contribution in [3.8, 4) is 0 Å². The van der Waals surface area contributed by atoms with Crippen LogP contribution in [0.1, 0.15) is 19.3 Å². The number of aromatic nitrogens is 1. The summed E-state index contributed by atoms with van der Waals surface area (Å²) in [6.45, 7) is 1.19. The zero-order chi connectivity index (χ0) is 19.1. The Morgan fingerprint density at radius 2 is 2.04 bits per heavy atom. The number of anilines is 1. The van der Waals surface area contributed by atoms with E-state index in [0.29, 0.717) is 23.8 Å². The minimum absolute atomic E-state index is 0.0963. The number of nitrogens with one attached hydrogen (secondary N) is 1. The van der Waals surface area contributed by atoms with E-state index in [-0.39, 0.29) is 17.7 Å². The van der Waals surface area contributed by atoms with E-state index >= 15 is 0 Å². The van der Waals surface area contributed by atoms with E-state index in [4.69, 9.17) is 11.6 Å². The predicted molar refractivity (Wildman–Crippen MR) is 109 cm³/mol. The first-order chi connectivity index (χ1) is 13.1. The van der Waals surface area contributed by atoms with Crippen LogP contribution in [0.15, 0.2) is 53.6 Å². The standard InChI is InChI=1S/C20H22ClN3O2S/c21-16-8-9-18(22-13-16)23-20(26)15-5-4-11-24(14-15)19(25)10-12-27-17-6-2-1-3-7-17/h1-3,6-9,13,15H,4-5,10-12,14H2,(H,22,23,26). The van der Waals surface area contributed by atoms with Gasteiger partial charge in [-0.1, -0.05) is 29.8 Å². The number of piperidine rings is 1. The van der Waals surface area contributed by atoms with E-state index < -0.39 is 0 Å². The van der Waals surface area contributed by atoms with Crippen molar-refractivity contribution in [1.29, 1.82) is 0 Å². The average molecular weight is 404 g/mol. The summed E-state index contributed by atoms with van der Waals surface area (Å²) in [4.78, 5) is 32.1. The molecule has 1 atom stereocenters. The maximum absolute atomic E-state index is 12.5. The van der Waals surface area contributed by atoms with Gasteiger partial charge in [0, 0.05) is 36.4 Å². The summed E-state index contributed by atoms with van der Waals surface area (Å²) in [5, 5.41) is 3.34. The number of rotatable bonds is 6. The monoisotopic (exact) mass is 403 g/mol. The molecule has 3 rings (SSSR count). The number of benzene rings is 1. The van der Waals surface area contributed by atoms with Gasteiger partial charge in [0.05, 0.1) is 10.9 Å². The van der Waals surface area contributed by atoms with Crippen molar-refractivity contribution in [2.45, 2.75) is 24.2 Å². The van der Waals surface area contributed by atoms with E-state index in [1.54, 1.807) is 23.9 Å². The summed E-state index contributed by atoms with van der Waals surface area (Å²) in [5.74, 6) is 1.03. The molecule has 142 valence electrons. The molecule has 0 aliphatic carbocycles. The minimum Gasteiger partial charge on any atom is -0.342 e. The Morgan fingerprint density at radius 3 is 2.78 bits per heavy atom. The topological polar surface area (TPSA) is 62.3 Å². The number of nitrogens with zero attached hydrogens (tertiary/aromatic N) is 2. The number of thioether (sulfide) groups is 1. The Morgan fingerprint density at radius 1 is 1.22 bits per heavy atom. The van der Waals surface area contributed by atoms with Crippen LogP contribution < -0.4 is 5.32 Å². The Kier molecular flexibility index (Phi) is 7.12. The highest BCUT2D eigenvalue weighted by molar-refractivity contribution is 7.99. The molecule has 7 heteroatoms. The highest BCUT2D eigenvalue weighted by Gasteiger charge is 2.28. The van der Waals surface area contributed by atoms with Crippen LogP contribution in [0.25, 0.3) is 0 Å². The highest BCUT2D eigenvalue weighted by Crippen LogP contribution is 2.22. The molecule has 1 aromatic carbocycles. The zero-order valence-electron chi connectivity index (χ0n) is 14.9. The van der Waals surface area contributed by atoms with E-state index in [9.17, 15) is 9.59 Å². The fraction of sp³-hybridized carbons (Fsp3) is 0.350. The summed E-state index contributed by atoms with van der Waals surface area (Å²) in [5.41, 5.74) is 0. The first kappa shape index (κ1) is 19.7. The van der Waals surface area contributed by atoms with Crippen molar-refractivity contribution in [1.82, 2.24) is 9.88 Å². The molecule has 2 heterocycles. The van der Waals surface area contributed by atoms with Crippen molar-refractivity contribution < 1.29 is 9.59 Å². The normalized spacial score (nSPS) is 16.8. The Bertz CT molecular complexity index is 771. The third kappa shape index (κ3) is 5.97. The fourth-order valence-corrected chi connectivity index (χ4v) is 4.00. The van der Waals surface area contributed by atoms with Crippen molar-refractivity contribution in [3.63, 3.8) is 0 Å². The highest BCUT2D eigenvalue weighted by atomic mass is 35.5. The summed E-state index contributed by atoms with van der Waals surface area (Å²) in [6, 6.07) is 13.4. The molecule has 1 aromatic heterocycles. The lowest BCUT2D eigenvalue weighted by molar-refractivity contribution is -0.134. The molecular weight excluding hydrogens is 382 g/mol. The average Bonchev–Trinajstić information content (AvgIpc) is 2.70. The second-order valence-electron chi connectivity index (χ2n) is 6.44. The zero-order valence-corrected chi connectivity index (χ0v) is 16.5. The van der Waals surface area contributed by atoms with Gasteiger partial charge < -0.3 is 10.2 Å². The number of hydrogen-bond donors (Lipinski definition) is 1. The maximum atomic E-state index is 12.5. The van der Waals surface area contributed by atoms with Crippen LogP contribution in [0.3, 0.4) is 0 Å². The van der Waals surface area contributed by atoms with Crippen LogP contribution in [-0.2, 0) is 9.59 Å². The van der Waals surface area contributed by atoms with Crippen LogP contribution in [0, 0.1) is 5.92 Å². The molecule has 2 aromatic rings. The van der Waals surface area contributed by atoms with Crippen molar-refractivity contribution >= 4 is 41.0 Å². The van der Waals surface area contributed by atoms with Crippen LogP contribution in [-0.4, -0.2) is 40.5 Å². The summed E-state index contributed by atoms with van der Waals surface area (Å²) in [7, 11) is 0. The molecule has 27 heavy (non-hydrogen) atoms. The lowest BCUT2D eigenvalue weighted by Gasteiger charge is -2.32. The molecule has 1 N–H and O–H groups in total. The lowest BCUT2D eigenvalue weighted by Crippen LogP contribution is -2.43. The predicted octanol–water partition coefficient (Wildman–Crippen LogP) is 4.09. The third-order valence-electron chi connectivity index (χ3n) is 4.45. The number of hydrogen-bond acceptors (Lipinski definition) is 4. The Balaban J connectivity index is 1.47. The first-order valence-corrected chi connectivity index (χ1v) is 10.4. The van der Waals surface area contributed by atoms with E-state index in [2.05, 4.69) is 10.3 Å². The number of carbonyl (C=O) groups is 2. The van der Waals surface area contributed by atoms with Gasteiger partial charge in [-0.2, -0.15) is 0 Å². The molecule has 2 amide bonds. The van der Waals surface area contributed by atoms with Crippen LogP contribution >= 0.6 is 23.4 Å². The number of likely N-dealkylation sites (tertiary alicyclic amines) is 1. The Labute approximate surface area is 168 Å². The SMILES string of the molecule is O=C(Nc1ccc(Cl)cn1)C1CCCN(C(=O)CCSc2ccccc2)C1. The van der Waals surface area contributed by atoms with Gasteiger partial charge in [0.2, 0.25) is 11.8 Å². The van der Waals surface area contributed by atoms with Crippen molar-refractivity contribution in [2.75, 3.05) is 24.2 Å². The summed E-state index contributed by atoms with van der Waals surface area (Å²) in [6.07, 6.45) is 3.59. The van der Waals surface area contributed by atoms with Gasteiger partial charge in [0.25, 0.3) is 0 Å². The molecule has 1 aliphatic heterocycles. The van der Waals surface area contributed by atoms with Gasteiger partial charge in [-0.05, 0) is 37.1 Å². The second-order valence-corrected chi connectivity index (χ2v) is 8.05. The molecule has 0 bridgehead atoms. The molecule has 1 unspecified atom stereocenters. The summed E-state index contributed by atoms with van der Waals surface area (Å²) >= 11 is 7.49. The van der Waals surface area contributed by atoms with Crippen LogP contribution in [0.4, 0.5) is 5.82 Å². The molecule has 0 saturated carbocycles. The van der Waals surface area contributed by atoms with Gasteiger partial charge in [-0.15, -0.1) is 11.8 Å².